The lowest BCUT2D eigenvalue weighted by Crippen LogP contribution is -2.30. The van der Waals surface area contributed by atoms with E-state index in [9.17, 15) is 24.5 Å². The molecule has 0 aliphatic heterocycles. The van der Waals surface area contributed by atoms with Crippen LogP contribution in [0.3, 0.4) is 0 Å². The minimum absolute atomic E-state index is 0.0530. The number of amides is 1. The van der Waals surface area contributed by atoms with E-state index in [1.165, 1.54) is 38.3 Å². The van der Waals surface area contributed by atoms with Gasteiger partial charge in [0, 0.05) is 23.5 Å². The third-order valence-corrected chi connectivity index (χ3v) is 4.25. The maximum Gasteiger partial charge on any atom is 0.355 e. The summed E-state index contributed by atoms with van der Waals surface area (Å²) in [7, 11) is 1.24. The number of nitrogens with zero attached hydrogens (tertiary/aromatic N) is 1. The molecule has 2 rings (SSSR count). The Hall–Kier alpha value is -3.69. The first-order valence-corrected chi connectivity index (χ1v) is 8.75. The molecule has 10 heteroatoms. The number of aromatic nitrogens is 1. The van der Waals surface area contributed by atoms with Gasteiger partial charge in [-0.05, 0) is 31.9 Å². The van der Waals surface area contributed by atoms with Crippen molar-refractivity contribution in [3.05, 3.63) is 56.9 Å². The van der Waals surface area contributed by atoms with Crippen molar-refractivity contribution in [3.63, 3.8) is 0 Å². The summed E-state index contributed by atoms with van der Waals surface area (Å²) in [5, 5.41) is 13.3. The Morgan fingerprint density at radius 3 is 2.55 bits per heavy atom. The SMILES string of the molecule is CCc1[nH]c(C(=O)OC(C)C(=O)Nc2cccc([N+](=O)[O-])c2)c(C)c1C(=O)OC. The Morgan fingerprint density at radius 2 is 1.97 bits per heavy atom. The molecule has 0 aliphatic carbocycles. The Morgan fingerprint density at radius 1 is 1.28 bits per heavy atom. The zero-order valence-corrected chi connectivity index (χ0v) is 16.4. The van der Waals surface area contributed by atoms with E-state index < -0.39 is 28.9 Å². The molecule has 0 aliphatic rings. The van der Waals surface area contributed by atoms with Gasteiger partial charge in [0.15, 0.2) is 6.10 Å². The molecule has 2 N–H and O–H groups in total. The Balaban J connectivity index is 2.13. The number of hydrogen-bond acceptors (Lipinski definition) is 7. The van der Waals surface area contributed by atoms with Crippen LogP contribution in [-0.4, -0.2) is 41.0 Å². The number of aromatic amines is 1. The molecule has 1 atom stereocenters. The van der Waals surface area contributed by atoms with E-state index in [2.05, 4.69) is 10.3 Å². The third-order valence-electron chi connectivity index (χ3n) is 4.25. The van der Waals surface area contributed by atoms with Gasteiger partial charge in [-0.2, -0.15) is 0 Å². The van der Waals surface area contributed by atoms with E-state index in [1.54, 1.807) is 6.92 Å². The van der Waals surface area contributed by atoms with E-state index in [-0.39, 0.29) is 22.6 Å². The number of non-ortho nitro benzene ring substituents is 1. The van der Waals surface area contributed by atoms with Gasteiger partial charge >= 0.3 is 11.9 Å². The van der Waals surface area contributed by atoms with Crippen LogP contribution in [0.4, 0.5) is 11.4 Å². The number of carbonyl (C=O) groups is 3. The molecule has 1 heterocycles. The molecule has 0 radical (unpaired) electrons. The molecule has 0 saturated carbocycles. The number of nitro groups is 1. The van der Waals surface area contributed by atoms with Gasteiger partial charge < -0.3 is 19.8 Å². The van der Waals surface area contributed by atoms with Crippen molar-refractivity contribution in [1.82, 2.24) is 4.98 Å². The van der Waals surface area contributed by atoms with Crippen LogP contribution in [-0.2, 0) is 20.7 Å². The highest BCUT2D eigenvalue weighted by atomic mass is 16.6. The molecule has 10 nitrogen and oxygen atoms in total. The molecule has 1 aromatic heterocycles. The zero-order chi connectivity index (χ0) is 21.7. The number of nitrogens with one attached hydrogen (secondary N) is 2. The van der Waals surface area contributed by atoms with E-state index in [1.807, 2.05) is 6.92 Å². The highest BCUT2D eigenvalue weighted by Gasteiger charge is 2.27. The minimum atomic E-state index is -1.18. The normalized spacial score (nSPS) is 11.4. The smallest absolute Gasteiger partial charge is 0.355 e. The lowest BCUT2D eigenvalue weighted by molar-refractivity contribution is -0.384. The number of ether oxygens (including phenoxy) is 2. The second kappa shape index (κ2) is 9.00. The minimum Gasteiger partial charge on any atom is -0.465 e. The number of anilines is 1. The van der Waals surface area contributed by atoms with Gasteiger partial charge in [-0.25, -0.2) is 9.59 Å². The first kappa shape index (κ1) is 21.6. The van der Waals surface area contributed by atoms with Crippen LogP contribution in [0.5, 0.6) is 0 Å². The van der Waals surface area contributed by atoms with Crippen molar-refractivity contribution < 1.29 is 28.8 Å². The molecule has 1 amide bonds. The van der Waals surface area contributed by atoms with Crippen LogP contribution < -0.4 is 5.32 Å². The van der Waals surface area contributed by atoms with Gasteiger partial charge in [-0.3, -0.25) is 14.9 Å². The lowest BCUT2D eigenvalue weighted by Gasteiger charge is -2.13. The number of hydrogen-bond donors (Lipinski definition) is 2. The number of methoxy groups -OCH3 is 1. The van der Waals surface area contributed by atoms with E-state index in [0.717, 1.165) is 0 Å². The van der Waals surface area contributed by atoms with Crippen molar-refractivity contribution in [2.75, 3.05) is 12.4 Å². The summed E-state index contributed by atoms with van der Waals surface area (Å²) < 4.78 is 9.93. The average Bonchev–Trinajstić information content (AvgIpc) is 3.03. The first-order chi connectivity index (χ1) is 13.7. The Kier molecular flexibility index (Phi) is 6.71. The summed E-state index contributed by atoms with van der Waals surface area (Å²) in [5.41, 5.74) is 1.22. The summed E-state index contributed by atoms with van der Waals surface area (Å²) >= 11 is 0. The molecule has 1 aromatic carbocycles. The fraction of sp³-hybridized carbons (Fsp3) is 0.316. The Labute approximate surface area is 166 Å². The van der Waals surface area contributed by atoms with Crippen molar-refractivity contribution in [2.24, 2.45) is 0 Å². The van der Waals surface area contributed by atoms with Crippen LogP contribution in [0.15, 0.2) is 24.3 Å². The molecule has 0 bridgehead atoms. The lowest BCUT2D eigenvalue weighted by atomic mass is 10.1. The molecule has 0 fully saturated rings. The predicted molar refractivity (Wildman–Crippen MR) is 103 cm³/mol. The second-order valence-corrected chi connectivity index (χ2v) is 6.17. The number of carbonyl (C=O) groups excluding carboxylic acids is 3. The summed E-state index contributed by atoms with van der Waals surface area (Å²) in [6.45, 7) is 4.75. The molecule has 0 saturated heterocycles. The monoisotopic (exact) mass is 403 g/mol. The standard InChI is InChI=1S/C19H21N3O7/c1-5-14-15(18(24)28-4)10(2)16(21-14)19(25)29-11(3)17(23)20-12-7-6-8-13(9-12)22(26)27/h6-9,11,21H,5H2,1-4H3,(H,20,23). The quantitative estimate of drug-likeness (QED) is 0.411. The van der Waals surface area contributed by atoms with Gasteiger partial charge in [0.2, 0.25) is 0 Å². The number of aryl methyl sites for hydroxylation is 1. The van der Waals surface area contributed by atoms with E-state index in [4.69, 9.17) is 9.47 Å². The average molecular weight is 403 g/mol. The molecule has 0 spiro atoms. The first-order valence-electron chi connectivity index (χ1n) is 8.75. The van der Waals surface area contributed by atoms with E-state index >= 15 is 0 Å². The molecule has 29 heavy (non-hydrogen) atoms. The van der Waals surface area contributed by atoms with Crippen LogP contribution in [0.2, 0.25) is 0 Å². The summed E-state index contributed by atoms with van der Waals surface area (Å²) in [5.74, 6) is -2.05. The van der Waals surface area contributed by atoms with Crippen molar-refractivity contribution >= 4 is 29.2 Å². The highest BCUT2D eigenvalue weighted by molar-refractivity contribution is 6.00. The molecule has 2 aromatic rings. The fourth-order valence-electron chi connectivity index (χ4n) is 2.72. The number of H-pyrrole nitrogens is 1. The molecular formula is C19H21N3O7. The number of nitro benzene ring substituents is 1. The summed E-state index contributed by atoms with van der Waals surface area (Å²) in [6, 6.07) is 5.38. The molecule has 154 valence electrons. The van der Waals surface area contributed by atoms with Crippen molar-refractivity contribution in [1.29, 1.82) is 0 Å². The summed E-state index contributed by atoms with van der Waals surface area (Å²) in [6.07, 6.45) is -0.724. The Bertz CT molecular complexity index is 965. The topological polar surface area (TPSA) is 141 Å². The van der Waals surface area contributed by atoms with Crippen LogP contribution in [0, 0.1) is 17.0 Å². The summed E-state index contributed by atoms with van der Waals surface area (Å²) in [4.78, 5) is 49.8. The number of rotatable bonds is 7. The van der Waals surface area contributed by atoms with E-state index in [0.29, 0.717) is 17.7 Å². The molecular weight excluding hydrogens is 382 g/mol. The van der Waals surface area contributed by atoms with Crippen LogP contribution >= 0.6 is 0 Å². The largest absolute Gasteiger partial charge is 0.465 e. The fourth-order valence-corrected chi connectivity index (χ4v) is 2.72. The maximum atomic E-state index is 12.5. The zero-order valence-electron chi connectivity index (χ0n) is 16.4. The van der Waals surface area contributed by atoms with Crippen LogP contribution in [0.25, 0.3) is 0 Å². The van der Waals surface area contributed by atoms with Gasteiger partial charge in [0.25, 0.3) is 11.6 Å². The van der Waals surface area contributed by atoms with Gasteiger partial charge in [-0.1, -0.05) is 13.0 Å². The second-order valence-electron chi connectivity index (χ2n) is 6.17. The van der Waals surface area contributed by atoms with Gasteiger partial charge in [0.05, 0.1) is 17.6 Å². The van der Waals surface area contributed by atoms with Crippen molar-refractivity contribution in [3.8, 4) is 0 Å². The third kappa shape index (κ3) is 4.78. The highest BCUT2D eigenvalue weighted by Crippen LogP contribution is 2.22. The maximum absolute atomic E-state index is 12.5. The predicted octanol–water partition coefficient (Wildman–Crippen LogP) is 2.76. The number of esters is 2. The van der Waals surface area contributed by atoms with Gasteiger partial charge in [-0.15, -0.1) is 0 Å². The molecule has 1 unspecified atom stereocenters. The van der Waals surface area contributed by atoms with Gasteiger partial charge in [0.1, 0.15) is 5.69 Å². The number of benzene rings is 1. The van der Waals surface area contributed by atoms with Crippen molar-refractivity contribution in [2.45, 2.75) is 33.3 Å². The van der Waals surface area contributed by atoms with Crippen LogP contribution in [0.1, 0.15) is 46.0 Å².